The smallest absolute Gasteiger partial charge is 0.264 e. The zero-order valence-electron chi connectivity index (χ0n) is 24.3. The number of hydrogen-bond acceptors (Lipinski definition) is 4. The van der Waals surface area contributed by atoms with Crippen LogP contribution in [0.4, 0.5) is 10.1 Å². The van der Waals surface area contributed by atoms with Gasteiger partial charge in [-0.2, -0.15) is 0 Å². The normalized spacial score (nSPS) is 12.6. The fourth-order valence-electron chi connectivity index (χ4n) is 4.66. The fraction of sp³-hybridized carbons (Fsp3) is 0.235. The Labute approximate surface area is 253 Å². The number of nitrogens with one attached hydrogen (secondary N) is 1. The molecule has 0 saturated heterocycles. The van der Waals surface area contributed by atoms with Gasteiger partial charge in [0, 0.05) is 19.0 Å². The summed E-state index contributed by atoms with van der Waals surface area (Å²) in [7, 11) is -4.36. The summed E-state index contributed by atoms with van der Waals surface area (Å²) in [5, 5.41) is 3.00. The van der Waals surface area contributed by atoms with Gasteiger partial charge in [-0.3, -0.25) is 13.9 Å². The van der Waals surface area contributed by atoms with E-state index in [0.29, 0.717) is 6.42 Å². The van der Waals surface area contributed by atoms with Gasteiger partial charge in [-0.15, -0.1) is 0 Å². The number of para-hydroxylation sites is 1. The maximum absolute atomic E-state index is 15.1. The van der Waals surface area contributed by atoms with Gasteiger partial charge >= 0.3 is 0 Å². The monoisotopic (exact) mass is 601 g/mol. The van der Waals surface area contributed by atoms with Crippen LogP contribution in [0.1, 0.15) is 31.4 Å². The molecule has 0 spiro atoms. The fourth-order valence-corrected chi connectivity index (χ4v) is 6.11. The van der Waals surface area contributed by atoms with Crippen LogP contribution in [0.2, 0.25) is 0 Å². The maximum atomic E-state index is 15.1. The lowest BCUT2D eigenvalue weighted by atomic mass is 10.0. The molecule has 0 aliphatic heterocycles. The van der Waals surface area contributed by atoms with Gasteiger partial charge in [-0.1, -0.05) is 97.9 Å². The van der Waals surface area contributed by atoms with Crippen molar-refractivity contribution in [2.45, 2.75) is 50.2 Å². The van der Waals surface area contributed by atoms with E-state index in [1.807, 2.05) is 74.5 Å². The summed E-state index contributed by atoms with van der Waals surface area (Å²) in [6.07, 6.45) is 0.889. The van der Waals surface area contributed by atoms with Gasteiger partial charge in [0.05, 0.1) is 10.6 Å². The van der Waals surface area contributed by atoms with E-state index in [2.05, 4.69) is 5.32 Å². The van der Waals surface area contributed by atoms with E-state index < -0.39 is 34.3 Å². The summed E-state index contributed by atoms with van der Waals surface area (Å²) >= 11 is 0. The van der Waals surface area contributed by atoms with E-state index in [1.165, 1.54) is 35.2 Å². The van der Waals surface area contributed by atoms with E-state index in [4.69, 9.17) is 0 Å². The van der Waals surface area contributed by atoms with Crippen molar-refractivity contribution >= 4 is 27.5 Å². The van der Waals surface area contributed by atoms with Crippen LogP contribution in [-0.2, 0) is 32.6 Å². The molecule has 4 rings (SSSR count). The highest BCUT2D eigenvalue weighted by molar-refractivity contribution is 7.92. The molecule has 0 aromatic heterocycles. The Morgan fingerprint density at radius 2 is 1.33 bits per heavy atom. The molecule has 0 bridgehead atoms. The van der Waals surface area contributed by atoms with Crippen LogP contribution in [0.25, 0.3) is 0 Å². The van der Waals surface area contributed by atoms with Crippen molar-refractivity contribution in [2.24, 2.45) is 0 Å². The van der Waals surface area contributed by atoms with Crippen molar-refractivity contribution in [1.29, 1.82) is 0 Å². The van der Waals surface area contributed by atoms with Crippen molar-refractivity contribution < 1.29 is 22.4 Å². The van der Waals surface area contributed by atoms with Crippen molar-refractivity contribution in [2.75, 3.05) is 10.8 Å². The molecule has 0 aliphatic carbocycles. The van der Waals surface area contributed by atoms with Gasteiger partial charge in [-0.05, 0) is 48.7 Å². The standard InChI is InChI=1S/C34H36FN3O4S/c1-3-26(2)36-34(40)32(23-27-15-7-4-8-16-27)37(24-28-17-9-5-10-18-28)33(39)25-38(31-22-14-13-21-30(31)35)43(41,42)29-19-11-6-12-20-29/h4-22,26,32H,3,23-25H2,1-2H3,(H,36,40)/t26-,32+/m1/s1. The molecule has 0 heterocycles. The molecular weight excluding hydrogens is 565 g/mol. The molecule has 9 heteroatoms. The molecule has 4 aromatic carbocycles. The molecular formula is C34H36FN3O4S. The summed E-state index contributed by atoms with van der Waals surface area (Å²) in [4.78, 5) is 29.4. The lowest BCUT2D eigenvalue weighted by Gasteiger charge is -2.34. The zero-order chi connectivity index (χ0) is 30.8. The number of halogens is 1. The molecule has 224 valence electrons. The van der Waals surface area contributed by atoms with Gasteiger partial charge in [0.15, 0.2) is 0 Å². The lowest BCUT2D eigenvalue weighted by molar-refractivity contribution is -0.140. The second-order valence-corrected chi connectivity index (χ2v) is 12.2. The third-order valence-electron chi connectivity index (χ3n) is 7.20. The van der Waals surface area contributed by atoms with Crippen molar-refractivity contribution in [1.82, 2.24) is 10.2 Å². The largest absolute Gasteiger partial charge is 0.352 e. The molecule has 0 radical (unpaired) electrons. The molecule has 0 unspecified atom stereocenters. The molecule has 4 aromatic rings. The minimum Gasteiger partial charge on any atom is -0.352 e. The summed E-state index contributed by atoms with van der Waals surface area (Å²) in [5.74, 6) is -1.79. The van der Waals surface area contributed by atoms with Gasteiger partial charge < -0.3 is 10.2 Å². The SMILES string of the molecule is CC[C@@H](C)NC(=O)[C@H](Cc1ccccc1)N(Cc1ccccc1)C(=O)CN(c1ccccc1F)S(=O)(=O)c1ccccc1. The molecule has 7 nitrogen and oxygen atoms in total. The van der Waals surface area contributed by atoms with E-state index in [0.717, 1.165) is 21.5 Å². The van der Waals surface area contributed by atoms with Crippen LogP contribution in [0.3, 0.4) is 0 Å². The number of hydrogen-bond donors (Lipinski definition) is 1. The highest BCUT2D eigenvalue weighted by Gasteiger charge is 2.35. The van der Waals surface area contributed by atoms with Crippen molar-refractivity contribution in [3.8, 4) is 0 Å². The third-order valence-corrected chi connectivity index (χ3v) is 8.97. The van der Waals surface area contributed by atoms with Gasteiger partial charge in [0.25, 0.3) is 10.0 Å². The van der Waals surface area contributed by atoms with Crippen LogP contribution in [0.5, 0.6) is 0 Å². The number of carbonyl (C=O) groups excluding carboxylic acids is 2. The molecule has 1 N–H and O–H groups in total. The first-order valence-electron chi connectivity index (χ1n) is 14.2. The summed E-state index contributed by atoms with van der Waals surface area (Å²) in [5.41, 5.74) is 1.33. The summed E-state index contributed by atoms with van der Waals surface area (Å²) in [6.45, 7) is 3.16. The third kappa shape index (κ3) is 8.08. The first kappa shape index (κ1) is 31.4. The molecule has 0 saturated carbocycles. The predicted octanol–water partition coefficient (Wildman–Crippen LogP) is 5.58. The Balaban J connectivity index is 1.79. The number of carbonyl (C=O) groups is 2. The van der Waals surface area contributed by atoms with Gasteiger partial charge in [0.1, 0.15) is 18.4 Å². The van der Waals surface area contributed by atoms with Crippen LogP contribution in [-0.4, -0.2) is 43.8 Å². The minimum absolute atomic E-state index is 0.0432. The first-order chi connectivity index (χ1) is 20.7. The second-order valence-electron chi connectivity index (χ2n) is 10.3. The number of rotatable bonds is 13. The quantitative estimate of drug-likeness (QED) is 0.217. The molecule has 0 aliphatic rings. The van der Waals surface area contributed by atoms with Crippen LogP contribution < -0.4 is 9.62 Å². The van der Waals surface area contributed by atoms with E-state index >= 15 is 4.39 Å². The van der Waals surface area contributed by atoms with Crippen LogP contribution in [0, 0.1) is 5.82 Å². The highest BCUT2D eigenvalue weighted by atomic mass is 32.2. The molecule has 0 fully saturated rings. The average molecular weight is 602 g/mol. The Bertz CT molecular complexity index is 1600. The van der Waals surface area contributed by atoms with Crippen LogP contribution in [0.15, 0.2) is 120 Å². The summed E-state index contributed by atoms with van der Waals surface area (Å²) < 4.78 is 43.7. The van der Waals surface area contributed by atoms with E-state index in [-0.39, 0.29) is 35.5 Å². The average Bonchev–Trinajstić information content (AvgIpc) is 3.03. The van der Waals surface area contributed by atoms with Crippen LogP contribution >= 0.6 is 0 Å². The zero-order valence-corrected chi connectivity index (χ0v) is 25.1. The Kier molecular flexibility index (Phi) is 10.7. The van der Waals surface area contributed by atoms with Crippen molar-refractivity contribution in [3.63, 3.8) is 0 Å². The molecule has 43 heavy (non-hydrogen) atoms. The molecule has 2 amide bonds. The number of anilines is 1. The van der Waals surface area contributed by atoms with E-state index in [9.17, 15) is 18.0 Å². The summed E-state index contributed by atoms with van der Waals surface area (Å²) in [6, 6.07) is 30.4. The number of sulfonamides is 1. The Morgan fingerprint density at radius 1 is 0.791 bits per heavy atom. The molecule has 2 atom stereocenters. The van der Waals surface area contributed by atoms with Crippen molar-refractivity contribution in [3.05, 3.63) is 132 Å². The minimum atomic E-state index is -4.36. The predicted molar refractivity (Wildman–Crippen MR) is 166 cm³/mol. The number of amides is 2. The topological polar surface area (TPSA) is 86.8 Å². The second kappa shape index (κ2) is 14.6. The lowest BCUT2D eigenvalue weighted by Crippen LogP contribution is -2.54. The number of benzene rings is 4. The first-order valence-corrected chi connectivity index (χ1v) is 15.6. The Morgan fingerprint density at radius 3 is 1.91 bits per heavy atom. The maximum Gasteiger partial charge on any atom is 0.264 e. The Hall–Kier alpha value is -4.50. The van der Waals surface area contributed by atoms with Gasteiger partial charge in [-0.25, -0.2) is 12.8 Å². The van der Waals surface area contributed by atoms with Gasteiger partial charge in [0.2, 0.25) is 11.8 Å². The number of nitrogens with zero attached hydrogens (tertiary/aromatic N) is 2. The van der Waals surface area contributed by atoms with E-state index in [1.54, 1.807) is 18.2 Å². The highest BCUT2D eigenvalue weighted by Crippen LogP contribution is 2.27.